The van der Waals surface area contributed by atoms with Gasteiger partial charge in [0.05, 0.1) is 31.5 Å². The lowest BCUT2D eigenvalue weighted by molar-refractivity contribution is -0.137. The van der Waals surface area contributed by atoms with E-state index in [1.807, 2.05) is 44.2 Å². The number of benzene rings is 2. The summed E-state index contributed by atoms with van der Waals surface area (Å²) in [7, 11) is 1.34. The summed E-state index contributed by atoms with van der Waals surface area (Å²) in [6.45, 7) is 4.51. The summed E-state index contributed by atoms with van der Waals surface area (Å²) in [5.41, 5.74) is 0.839. The van der Waals surface area contributed by atoms with Crippen molar-refractivity contribution in [1.82, 2.24) is 10.2 Å². The van der Waals surface area contributed by atoms with E-state index in [2.05, 4.69) is 5.32 Å². The van der Waals surface area contributed by atoms with Crippen LogP contribution in [0.5, 0.6) is 5.75 Å². The zero-order valence-corrected chi connectivity index (χ0v) is 18.5. The van der Waals surface area contributed by atoms with Crippen molar-refractivity contribution in [3.8, 4) is 5.75 Å². The van der Waals surface area contributed by atoms with E-state index in [0.717, 1.165) is 24.1 Å². The predicted octanol–water partition coefficient (Wildman–Crippen LogP) is 5.76. The van der Waals surface area contributed by atoms with E-state index in [1.165, 1.54) is 13.2 Å². The van der Waals surface area contributed by atoms with E-state index in [0.29, 0.717) is 18.6 Å². The van der Waals surface area contributed by atoms with Gasteiger partial charge in [-0.1, -0.05) is 50.2 Å². The molecule has 1 heterocycles. The highest BCUT2D eigenvalue weighted by Gasteiger charge is 2.39. The summed E-state index contributed by atoms with van der Waals surface area (Å²) in [4.78, 5) is 14.7. The fourth-order valence-electron chi connectivity index (χ4n) is 3.88. The van der Waals surface area contributed by atoms with Crippen molar-refractivity contribution in [2.45, 2.75) is 51.6 Å². The van der Waals surface area contributed by atoms with Crippen molar-refractivity contribution in [2.75, 3.05) is 13.7 Å². The first kappa shape index (κ1) is 23.9. The molecule has 3 rings (SSSR count). The van der Waals surface area contributed by atoms with Gasteiger partial charge in [0.15, 0.2) is 0 Å². The van der Waals surface area contributed by atoms with Gasteiger partial charge >= 0.3 is 12.3 Å². The number of nitrogens with one attached hydrogen (secondary N) is 1. The molecule has 0 bridgehead atoms. The Morgan fingerprint density at radius 3 is 2.50 bits per heavy atom. The Balaban J connectivity index is 1.77. The van der Waals surface area contributed by atoms with Crippen molar-refractivity contribution >= 4 is 6.09 Å². The first-order valence-electron chi connectivity index (χ1n) is 10.7. The predicted molar refractivity (Wildman–Crippen MR) is 115 cm³/mol. The molecule has 0 aromatic heterocycles. The third kappa shape index (κ3) is 5.73. The van der Waals surface area contributed by atoms with E-state index in [4.69, 9.17) is 9.47 Å². The number of amides is 1. The molecule has 0 aliphatic carbocycles. The van der Waals surface area contributed by atoms with E-state index in [9.17, 15) is 18.0 Å². The Morgan fingerprint density at radius 1 is 1.16 bits per heavy atom. The lowest BCUT2D eigenvalue weighted by atomic mass is 10.1. The molecule has 0 saturated carbocycles. The molecule has 1 aliphatic heterocycles. The number of hydrogen-bond acceptors (Lipinski definition) is 4. The number of carbonyl (C=O) groups excluding carboxylic acids is 1. The van der Waals surface area contributed by atoms with Gasteiger partial charge in [-0.25, -0.2) is 4.79 Å². The van der Waals surface area contributed by atoms with Crippen LogP contribution in [-0.4, -0.2) is 30.9 Å². The number of ether oxygens (including phenoxy) is 2. The first-order chi connectivity index (χ1) is 15.2. The second kappa shape index (κ2) is 10.3. The smallest absolute Gasteiger partial charge is 0.416 e. The highest BCUT2D eigenvalue weighted by atomic mass is 19.4. The minimum atomic E-state index is -4.44. The van der Waals surface area contributed by atoms with Crippen LogP contribution in [0.1, 0.15) is 49.4 Å². The molecule has 2 aromatic rings. The Labute approximate surface area is 186 Å². The minimum Gasteiger partial charge on any atom is -0.496 e. The lowest BCUT2D eigenvalue weighted by Gasteiger charge is -2.31. The van der Waals surface area contributed by atoms with E-state index in [-0.39, 0.29) is 30.4 Å². The number of alkyl halides is 3. The van der Waals surface area contributed by atoms with Crippen LogP contribution >= 0.6 is 0 Å². The van der Waals surface area contributed by atoms with Crippen LogP contribution < -0.4 is 10.1 Å². The molecule has 1 amide bonds. The molecular formula is C24H29F3N2O3. The Morgan fingerprint density at radius 2 is 1.88 bits per heavy atom. The van der Waals surface area contributed by atoms with Gasteiger partial charge in [0, 0.05) is 12.1 Å². The number of hydrogen-bond donors (Lipinski definition) is 1. The number of halogens is 3. The fourth-order valence-corrected chi connectivity index (χ4v) is 3.88. The van der Waals surface area contributed by atoms with Crippen LogP contribution in [0.25, 0.3) is 0 Å². The summed E-state index contributed by atoms with van der Waals surface area (Å²) in [6, 6.07) is 13.0. The van der Waals surface area contributed by atoms with Gasteiger partial charge in [-0.2, -0.15) is 13.2 Å². The quantitative estimate of drug-likeness (QED) is 0.583. The van der Waals surface area contributed by atoms with Crippen LogP contribution in [0.3, 0.4) is 0 Å². The van der Waals surface area contributed by atoms with Crippen molar-refractivity contribution in [3.63, 3.8) is 0 Å². The maximum atomic E-state index is 13.0. The second-order valence-corrected chi connectivity index (χ2v) is 8.30. The molecule has 2 aromatic carbocycles. The molecule has 8 heteroatoms. The van der Waals surface area contributed by atoms with Crippen LogP contribution in [0.15, 0.2) is 48.5 Å². The zero-order chi connectivity index (χ0) is 23.3. The van der Waals surface area contributed by atoms with E-state index in [1.54, 1.807) is 4.90 Å². The second-order valence-electron chi connectivity index (χ2n) is 8.30. The van der Waals surface area contributed by atoms with E-state index < -0.39 is 17.8 Å². The van der Waals surface area contributed by atoms with Crippen LogP contribution in [0.2, 0.25) is 0 Å². The molecule has 32 heavy (non-hydrogen) atoms. The van der Waals surface area contributed by atoms with Gasteiger partial charge in [0.2, 0.25) is 0 Å². The summed E-state index contributed by atoms with van der Waals surface area (Å²) in [6.07, 6.45) is -3.71. The van der Waals surface area contributed by atoms with Gasteiger partial charge in [-0.15, -0.1) is 0 Å². The van der Waals surface area contributed by atoms with Crippen molar-refractivity contribution < 1.29 is 27.4 Å². The molecule has 1 saturated heterocycles. The lowest BCUT2D eigenvalue weighted by Crippen LogP contribution is -2.45. The molecule has 0 radical (unpaired) electrons. The molecule has 2 atom stereocenters. The van der Waals surface area contributed by atoms with Crippen LogP contribution in [-0.2, 0) is 17.5 Å². The minimum absolute atomic E-state index is 0.136. The van der Waals surface area contributed by atoms with Gasteiger partial charge in [-0.3, -0.25) is 10.2 Å². The SMILES string of the molecule is COc1cc(C(F)(F)F)ccc1CNC1CCC(c2ccccc2)N1C(=O)OCC(C)C. The maximum Gasteiger partial charge on any atom is 0.416 e. The number of nitrogens with zero attached hydrogens (tertiary/aromatic N) is 1. The van der Waals surface area contributed by atoms with Crippen molar-refractivity contribution in [3.05, 3.63) is 65.2 Å². The van der Waals surface area contributed by atoms with Crippen molar-refractivity contribution in [2.24, 2.45) is 5.92 Å². The van der Waals surface area contributed by atoms with Gasteiger partial charge in [0.1, 0.15) is 5.75 Å². The van der Waals surface area contributed by atoms with Gasteiger partial charge in [-0.05, 0) is 36.5 Å². The molecule has 0 spiro atoms. The number of likely N-dealkylation sites (tertiary alicyclic amines) is 1. The fraction of sp³-hybridized carbons (Fsp3) is 0.458. The summed E-state index contributed by atoms with van der Waals surface area (Å²) < 4.78 is 49.7. The molecular weight excluding hydrogens is 421 g/mol. The molecule has 174 valence electrons. The molecule has 1 aliphatic rings. The molecule has 1 fully saturated rings. The normalized spacial score (nSPS) is 18.8. The Kier molecular flexibility index (Phi) is 7.66. The number of carbonyl (C=O) groups is 1. The summed E-state index contributed by atoms with van der Waals surface area (Å²) in [5, 5.41) is 3.31. The summed E-state index contributed by atoms with van der Waals surface area (Å²) in [5.74, 6) is 0.360. The van der Waals surface area contributed by atoms with Crippen LogP contribution in [0, 0.1) is 5.92 Å². The van der Waals surface area contributed by atoms with Crippen molar-refractivity contribution in [1.29, 1.82) is 0 Å². The van der Waals surface area contributed by atoms with E-state index >= 15 is 0 Å². The maximum absolute atomic E-state index is 13.0. The zero-order valence-electron chi connectivity index (χ0n) is 18.5. The monoisotopic (exact) mass is 450 g/mol. The third-order valence-corrected chi connectivity index (χ3v) is 5.46. The van der Waals surface area contributed by atoms with Crippen LogP contribution in [0.4, 0.5) is 18.0 Å². The third-order valence-electron chi connectivity index (χ3n) is 5.46. The number of rotatable bonds is 7. The average molecular weight is 451 g/mol. The highest BCUT2D eigenvalue weighted by Crippen LogP contribution is 2.37. The number of methoxy groups -OCH3 is 1. The Bertz CT molecular complexity index is 903. The molecule has 2 unspecified atom stereocenters. The topological polar surface area (TPSA) is 50.8 Å². The average Bonchev–Trinajstić information content (AvgIpc) is 3.19. The largest absolute Gasteiger partial charge is 0.496 e. The van der Waals surface area contributed by atoms with Gasteiger partial charge < -0.3 is 9.47 Å². The molecule has 5 nitrogen and oxygen atoms in total. The standard InChI is InChI=1S/C24H29F3N2O3/c1-16(2)15-32-23(30)29-20(17-7-5-4-6-8-17)11-12-22(29)28-14-18-9-10-19(24(25,26)27)13-21(18)31-3/h4-10,13,16,20,22,28H,11-12,14-15H2,1-3H3. The van der Waals surface area contributed by atoms with Gasteiger partial charge in [0.25, 0.3) is 0 Å². The summed E-state index contributed by atoms with van der Waals surface area (Å²) >= 11 is 0. The Hall–Kier alpha value is -2.74. The highest BCUT2D eigenvalue weighted by molar-refractivity contribution is 5.69. The first-order valence-corrected chi connectivity index (χ1v) is 10.7. The molecule has 1 N–H and O–H groups in total.